The van der Waals surface area contributed by atoms with E-state index in [1.165, 1.54) is 0 Å². The Bertz CT molecular complexity index is 49.7. The molecular weight excluding hydrogens is 126 g/mol. The number of aliphatic hydroxyl groups is 1. The average Bonchev–Trinajstić information content (AvgIpc) is 1.65. The maximum Gasteiger partial charge on any atom is 0.0585 e. The van der Waals surface area contributed by atoms with E-state index < -0.39 is 0 Å². The zero-order valence-electron chi connectivity index (χ0n) is 5.29. The van der Waals surface area contributed by atoms with Gasteiger partial charge in [0, 0.05) is 6.04 Å². The number of rotatable bonds is 2. The van der Waals surface area contributed by atoms with Crippen molar-refractivity contribution >= 4 is 12.4 Å². The largest absolute Gasteiger partial charge is 0.395 e. The molecule has 0 aliphatic rings. The minimum atomic E-state index is -0.0417. The second kappa shape index (κ2) is 5.35. The molecular formula is C5H14ClNO. The van der Waals surface area contributed by atoms with Crippen LogP contribution in [0.2, 0.25) is 0 Å². The van der Waals surface area contributed by atoms with Crippen LogP contribution in [0.5, 0.6) is 0 Å². The summed E-state index contributed by atoms with van der Waals surface area (Å²) in [5.74, 6) is 0.394. The molecule has 0 aromatic rings. The van der Waals surface area contributed by atoms with Crippen molar-refractivity contribution in [1.29, 1.82) is 0 Å². The van der Waals surface area contributed by atoms with E-state index in [0.29, 0.717) is 5.92 Å². The van der Waals surface area contributed by atoms with Crippen LogP contribution in [-0.2, 0) is 0 Å². The quantitative estimate of drug-likeness (QED) is 0.581. The predicted molar refractivity (Wildman–Crippen MR) is 37.1 cm³/mol. The summed E-state index contributed by atoms with van der Waals surface area (Å²) in [5.41, 5.74) is 5.37. The van der Waals surface area contributed by atoms with Crippen molar-refractivity contribution in [3.63, 3.8) is 0 Å². The SMILES string of the molecule is CC(C)[C@H](N)CO.Cl. The highest BCUT2D eigenvalue weighted by molar-refractivity contribution is 5.85. The summed E-state index contributed by atoms with van der Waals surface area (Å²) in [6.45, 7) is 4.07. The van der Waals surface area contributed by atoms with Gasteiger partial charge in [-0.2, -0.15) is 0 Å². The summed E-state index contributed by atoms with van der Waals surface area (Å²) in [5, 5.41) is 8.38. The van der Waals surface area contributed by atoms with E-state index in [-0.39, 0.29) is 25.1 Å². The van der Waals surface area contributed by atoms with Crippen LogP contribution in [0, 0.1) is 5.92 Å². The zero-order chi connectivity index (χ0) is 5.86. The molecule has 0 radical (unpaired) electrons. The Morgan fingerprint density at radius 1 is 1.50 bits per heavy atom. The van der Waals surface area contributed by atoms with Gasteiger partial charge in [-0.05, 0) is 5.92 Å². The molecule has 0 aromatic carbocycles. The van der Waals surface area contributed by atoms with Crippen LogP contribution >= 0.6 is 12.4 Å². The lowest BCUT2D eigenvalue weighted by atomic mass is 10.1. The molecule has 3 heteroatoms. The molecule has 8 heavy (non-hydrogen) atoms. The summed E-state index contributed by atoms with van der Waals surface area (Å²) >= 11 is 0. The van der Waals surface area contributed by atoms with Gasteiger partial charge in [0.25, 0.3) is 0 Å². The normalized spacial score (nSPS) is 13.1. The van der Waals surface area contributed by atoms with Crippen LogP contribution in [0.3, 0.4) is 0 Å². The molecule has 1 atom stereocenters. The van der Waals surface area contributed by atoms with Gasteiger partial charge in [0.2, 0.25) is 0 Å². The standard InChI is InChI=1S/C5H13NO.ClH/c1-4(2)5(6)3-7;/h4-5,7H,3,6H2,1-2H3;1H/t5-;/m1./s1. The fraction of sp³-hybridized carbons (Fsp3) is 1.00. The van der Waals surface area contributed by atoms with Crippen LogP contribution in [-0.4, -0.2) is 17.8 Å². The molecule has 0 unspecified atom stereocenters. The fourth-order valence-electron chi connectivity index (χ4n) is 0.211. The molecule has 0 amide bonds. The topological polar surface area (TPSA) is 46.2 Å². The third-order valence-electron chi connectivity index (χ3n) is 1.07. The minimum Gasteiger partial charge on any atom is -0.395 e. The van der Waals surface area contributed by atoms with Gasteiger partial charge in [-0.15, -0.1) is 12.4 Å². The van der Waals surface area contributed by atoms with Crippen LogP contribution in [0.1, 0.15) is 13.8 Å². The molecule has 0 aromatic heterocycles. The van der Waals surface area contributed by atoms with Crippen LogP contribution in [0.4, 0.5) is 0 Å². The molecule has 0 saturated heterocycles. The zero-order valence-corrected chi connectivity index (χ0v) is 6.11. The molecule has 0 aliphatic carbocycles. The molecule has 0 aliphatic heterocycles. The highest BCUT2D eigenvalue weighted by Gasteiger charge is 2.02. The molecule has 3 N–H and O–H groups in total. The summed E-state index contributed by atoms with van der Waals surface area (Å²) < 4.78 is 0. The van der Waals surface area contributed by atoms with Crippen molar-refractivity contribution < 1.29 is 5.11 Å². The third kappa shape index (κ3) is 4.37. The van der Waals surface area contributed by atoms with Gasteiger partial charge in [-0.1, -0.05) is 13.8 Å². The highest BCUT2D eigenvalue weighted by atomic mass is 35.5. The lowest BCUT2D eigenvalue weighted by Crippen LogP contribution is -2.29. The van der Waals surface area contributed by atoms with Crippen molar-refractivity contribution in [3.05, 3.63) is 0 Å². The Morgan fingerprint density at radius 2 is 1.88 bits per heavy atom. The average molecular weight is 140 g/mol. The van der Waals surface area contributed by atoms with Gasteiger partial charge < -0.3 is 10.8 Å². The van der Waals surface area contributed by atoms with Gasteiger partial charge >= 0.3 is 0 Å². The van der Waals surface area contributed by atoms with Crippen molar-refractivity contribution in [2.24, 2.45) is 11.7 Å². The van der Waals surface area contributed by atoms with E-state index in [1.807, 2.05) is 13.8 Å². The molecule has 0 heterocycles. The van der Waals surface area contributed by atoms with Crippen molar-refractivity contribution in [3.8, 4) is 0 Å². The molecule has 2 nitrogen and oxygen atoms in total. The van der Waals surface area contributed by atoms with Crippen molar-refractivity contribution in [1.82, 2.24) is 0 Å². The van der Waals surface area contributed by atoms with E-state index in [0.717, 1.165) is 0 Å². The fourth-order valence-corrected chi connectivity index (χ4v) is 0.211. The minimum absolute atomic E-state index is 0. The smallest absolute Gasteiger partial charge is 0.0585 e. The molecule has 52 valence electrons. The first-order valence-electron chi connectivity index (χ1n) is 2.55. The lowest BCUT2D eigenvalue weighted by Gasteiger charge is -2.10. The summed E-state index contributed by atoms with van der Waals surface area (Å²) in [7, 11) is 0. The molecule has 0 spiro atoms. The maximum absolute atomic E-state index is 8.38. The molecule has 0 rings (SSSR count). The molecule has 0 saturated carbocycles. The second-order valence-corrected chi connectivity index (χ2v) is 2.09. The number of hydrogen-bond donors (Lipinski definition) is 2. The van der Waals surface area contributed by atoms with Gasteiger partial charge in [-0.25, -0.2) is 0 Å². The number of aliphatic hydroxyl groups excluding tert-OH is 1. The number of nitrogens with two attached hydrogens (primary N) is 1. The van der Waals surface area contributed by atoms with Gasteiger partial charge in [0.05, 0.1) is 6.61 Å². The van der Waals surface area contributed by atoms with E-state index in [4.69, 9.17) is 10.8 Å². The van der Waals surface area contributed by atoms with Crippen molar-refractivity contribution in [2.45, 2.75) is 19.9 Å². The molecule has 0 fully saturated rings. The first kappa shape index (κ1) is 11.1. The van der Waals surface area contributed by atoms with Crippen LogP contribution in [0.25, 0.3) is 0 Å². The van der Waals surface area contributed by atoms with E-state index in [9.17, 15) is 0 Å². The Labute approximate surface area is 56.5 Å². The predicted octanol–water partition coefficient (Wildman–Crippen LogP) is 0.384. The summed E-state index contributed by atoms with van der Waals surface area (Å²) in [6, 6.07) is -0.0417. The maximum atomic E-state index is 8.38. The third-order valence-corrected chi connectivity index (χ3v) is 1.07. The molecule has 0 bridgehead atoms. The lowest BCUT2D eigenvalue weighted by molar-refractivity contribution is 0.238. The highest BCUT2D eigenvalue weighted by Crippen LogP contribution is 1.94. The Hall–Kier alpha value is 0.210. The van der Waals surface area contributed by atoms with Gasteiger partial charge in [0.1, 0.15) is 0 Å². The Kier molecular flexibility index (Phi) is 7.40. The summed E-state index contributed by atoms with van der Waals surface area (Å²) in [6.07, 6.45) is 0. The monoisotopic (exact) mass is 139 g/mol. The van der Waals surface area contributed by atoms with Crippen LogP contribution in [0.15, 0.2) is 0 Å². The van der Waals surface area contributed by atoms with E-state index in [2.05, 4.69) is 0 Å². The van der Waals surface area contributed by atoms with E-state index >= 15 is 0 Å². The van der Waals surface area contributed by atoms with Crippen LogP contribution < -0.4 is 5.73 Å². The second-order valence-electron chi connectivity index (χ2n) is 2.09. The number of hydrogen-bond acceptors (Lipinski definition) is 2. The first-order chi connectivity index (χ1) is 3.18. The summed E-state index contributed by atoms with van der Waals surface area (Å²) in [4.78, 5) is 0. The number of halogens is 1. The first-order valence-corrected chi connectivity index (χ1v) is 2.55. The van der Waals surface area contributed by atoms with Gasteiger partial charge in [0.15, 0.2) is 0 Å². The van der Waals surface area contributed by atoms with Crippen molar-refractivity contribution in [2.75, 3.05) is 6.61 Å². The van der Waals surface area contributed by atoms with Gasteiger partial charge in [-0.3, -0.25) is 0 Å². The Balaban J connectivity index is 0. The van der Waals surface area contributed by atoms with E-state index in [1.54, 1.807) is 0 Å². The Morgan fingerprint density at radius 3 is 1.88 bits per heavy atom.